The first-order chi connectivity index (χ1) is 11.0. The van der Waals surface area contributed by atoms with E-state index in [0.717, 1.165) is 11.3 Å². The van der Waals surface area contributed by atoms with E-state index in [1.165, 1.54) is 13.0 Å². The highest BCUT2D eigenvalue weighted by molar-refractivity contribution is 5.89. The molecule has 118 valence electrons. The van der Waals surface area contributed by atoms with Crippen LogP contribution in [0.5, 0.6) is 5.75 Å². The third-order valence-corrected chi connectivity index (χ3v) is 3.28. The zero-order valence-electron chi connectivity index (χ0n) is 12.7. The van der Waals surface area contributed by atoms with Crippen LogP contribution in [0.2, 0.25) is 0 Å². The highest BCUT2D eigenvalue weighted by atomic mass is 19.1. The fourth-order valence-corrected chi connectivity index (χ4v) is 2.22. The summed E-state index contributed by atoms with van der Waals surface area (Å²) in [6.45, 7) is 3.41. The van der Waals surface area contributed by atoms with Crippen molar-refractivity contribution in [3.8, 4) is 5.75 Å². The van der Waals surface area contributed by atoms with Gasteiger partial charge in [-0.3, -0.25) is 4.79 Å². The van der Waals surface area contributed by atoms with Crippen LogP contribution in [0.15, 0.2) is 40.8 Å². The van der Waals surface area contributed by atoms with Gasteiger partial charge in [-0.1, -0.05) is 6.07 Å². The lowest BCUT2D eigenvalue weighted by Crippen LogP contribution is -2.07. The molecule has 6 heteroatoms. The number of amides is 1. The van der Waals surface area contributed by atoms with Crippen molar-refractivity contribution in [3.63, 3.8) is 0 Å². The van der Waals surface area contributed by atoms with Crippen LogP contribution in [-0.4, -0.2) is 10.9 Å². The minimum atomic E-state index is -0.447. The normalized spacial score (nSPS) is 10.7. The molecule has 0 spiro atoms. The van der Waals surface area contributed by atoms with Crippen LogP contribution in [0.25, 0.3) is 11.1 Å². The monoisotopic (exact) mass is 314 g/mol. The second-order valence-electron chi connectivity index (χ2n) is 5.14. The summed E-state index contributed by atoms with van der Waals surface area (Å²) >= 11 is 0. The lowest BCUT2D eigenvalue weighted by atomic mass is 10.2. The number of aromatic nitrogens is 1. The second kappa shape index (κ2) is 6.08. The molecular formula is C17H15FN2O3. The SMILES string of the molecule is CC(=O)Nc1ccc(OCc2nc3cccc(F)c3o2)cc1C. The van der Waals surface area contributed by atoms with Crippen molar-refractivity contribution in [2.45, 2.75) is 20.5 Å². The van der Waals surface area contributed by atoms with Crippen LogP contribution in [0.3, 0.4) is 0 Å². The molecule has 0 saturated carbocycles. The third-order valence-electron chi connectivity index (χ3n) is 3.28. The van der Waals surface area contributed by atoms with Gasteiger partial charge < -0.3 is 14.5 Å². The zero-order valence-corrected chi connectivity index (χ0v) is 12.7. The Balaban J connectivity index is 1.73. The fraction of sp³-hybridized carbons (Fsp3) is 0.176. The third kappa shape index (κ3) is 3.31. The summed E-state index contributed by atoms with van der Waals surface area (Å²) in [4.78, 5) is 15.3. The summed E-state index contributed by atoms with van der Waals surface area (Å²) in [7, 11) is 0. The number of ether oxygens (including phenoxy) is 1. The van der Waals surface area contributed by atoms with E-state index in [1.54, 1.807) is 30.3 Å². The quantitative estimate of drug-likeness (QED) is 0.795. The summed E-state index contributed by atoms with van der Waals surface area (Å²) in [5.74, 6) is 0.333. The first kappa shape index (κ1) is 15.0. The van der Waals surface area contributed by atoms with Gasteiger partial charge in [0.15, 0.2) is 18.0 Å². The molecule has 5 nitrogen and oxygen atoms in total. The number of benzene rings is 2. The van der Waals surface area contributed by atoms with Crippen molar-refractivity contribution in [1.82, 2.24) is 4.98 Å². The number of aryl methyl sites for hydroxylation is 1. The van der Waals surface area contributed by atoms with Gasteiger partial charge in [0.05, 0.1) is 0 Å². The number of para-hydroxylation sites is 1. The van der Waals surface area contributed by atoms with Gasteiger partial charge in [0.1, 0.15) is 11.3 Å². The predicted octanol–water partition coefficient (Wildman–Crippen LogP) is 3.81. The minimum absolute atomic E-state index is 0.0903. The van der Waals surface area contributed by atoms with Crippen molar-refractivity contribution < 1.29 is 18.3 Å². The molecule has 0 unspecified atom stereocenters. The lowest BCUT2D eigenvalue weighted by Gasteiger charge is -2.09. The first-order valence-corrected chi connectivity index (χ1v) is 7.08. The molecule has 0 saturated heterocycles. The number of nitrogens with zero attached hydrogens (tertiary/aromatic N) is 1. The topological polar surface area (TPSA) is 64.4 Å². The summed E-state index contributed by atoms with van der Waals surface area (Å²) in [5, 5.41) is 2.73. The van der Waals surface area contributed by atoms with Crippen LogP contribution in [0.1, 0.15) is 18.4 Å². The Morgan fingerprint density at radius 3 is 2.87 bits per heavy atom. The second-order valence-corrected chi connectivity index (χ2v) is 5.14. The molecule has 0 fully saturated rings. The van der Waals surface area contributed by atoms with Gasteiger partial charge in [0.25, 0.3) is 0 Å². The molecule has 0 bridgehead atoms. The van der Waals surface area contributed by atoms with Crippen LogP contribution in [-0.2, 0) is 11.4 Å². The highest BCUT2D eigenvalue weighted by Crippen LogP contribution is 2.23. The molecule has 0 aliphatic rings. The Kier molecular flexibility index (Phi) is 3.97. The zero-order chi connectivity index (χ0) is 16.4. The van der Waals surface area contributed by atoms with Gasteiger partial charge in [0.2, 0.25) is 11.8 Å². The van der Waals surface area contributed by atoms with E-state index >= 15 is 0 Å². The Morgan fingerprint density at radius 2 is 2.17 bits per heavy atom. The number of rotatable bonds is 4. The molecule has 0 aliphatic heterocycles. The number of fused-ring (bicyclic) bond motifs is 1. The average Bonchev–Trinajstić information content (AvgIpc) is 2.92. The summed E-state index contributed by atoms with van der Waals surface area (Å²) in [6.07, 6.45) is 0. The Hall–Kier alpha value is -2.89. The molecule has 1 aromatic heterocycles. The molecular weight excluding hydrogens is 299 g/mol. The number of carbonyl (C=O) groups is 1. The molecule has 0 atom stereocenters. The van der Waals surface area contributed by atoms with E-state index in [1.807, 2.05) is 6.92 Å². The van der Waals surface area contributed by atoms with Crippen molar-refractivity contribution in [2.75, 3.05) is 5.32 Å². The van der Waals surface area contributed by atoms with Gasteiger partial charge in [-0.25, -0.2) is 9.37 Å². The molecule has 1 N–H and O–H groups in total. The van der Waals surface area contributed by atoms with Crippen LogP contribution in [0.4, 0.5) is 10.1 Å². The van der Waals surface area contributed by atoms with Crippen LogP contribution >= 0.6 is 0 Å². The van der Waals surface area contributed by atoms with Gasteiger partial charge >= 0.3 is 0 Å². The maximum atomic E-state index is 13.6. The molecule has 1 amide bonds. The number of hydrogen-bond acceptors (Lipinski definition) is 4. The Labute approximate surface area is 132 Å². The largest absolute Gasteiger partial charge is 0.484 e. The highest BCUT2D eigenvalue weighted by Gasteiger charge is 2.10. The minimum Gasteiger partial charge on any atom is -0.484 e. The number of anilines is 1. The van der Waals surface area contributed by atoms with Gasteiger partial charge in [-0.2, -0.15) is 0 Å². The molecule has 2 aromatic carbocycles. The van der Waals surface area contributed by atoms with E-state index in [0.29, 0.717) is 17.2 Å². The number of halogens is 1. The molecule has 3 aromatic rings. The van der Waals surface area contributed by atoms with Gasteiger partial charge in [-0.05, 0) is 42.8 Å². The predicted molar refractivity (Wildman–Crippen MR) is 83.8 cm³/mol. The van der Waals surface area contributed by atoms with Crippen molar-refractivity contribution in [2.24, 2.45) is 0 Å². The lowest BCUT2D eigenvalue weighted by molar-refractivity contribution is -0.114. The van der Waals surface area contributed by atoms with Gasteiger partial charge in [0, 0.05) is 12.6 Å². The smallest absolute Gasteiger partial charge is 0.233 e. The maximum absolute atomic E-state index is 13.6. The van der Waals surface area contributed by atoms with Crippen molar-refractivity contribution >= 4 is 22.7 Å². The number of carbonyl (C=O) groups excluding carboxylic acids is 1. The first-order valence-electron chi connectivity index (χ1n) is 7.08. The van der Waals surface area contributed by atoms with E-state index in [4.69, 9.17) is 9.15 Å². The van der Waals surface area contributed by atoms with Crippen molar-refractivity contribution in [3.05, 3.63) is 53.7 Å². The van der Waals surface area contributed by atoms with E-state index < -0.39 is 5.82 Å². The fourth-order valence-electron chi connectivity index (χ4n) is 2.22. The summed E-state index contributed by atoms with van der Waals surface area (Å²) < 4.78 is 24.5. The number of hydrogen-bond donors (Lipinski definition) is 1. The van der Waals surface area contributed by atoms with Crippen molar-refractivity contribution in [1.29, 1.82) is 0 Å². The summed E-state index contributed by atoms with van der Waals surface area (Å²) in [5.41, 5.74) is 2.19. The number of nitrogens with one attached hydrogen (secondary N) is 1. The standard InChI is InChI=1S/C17H15FN2O3/c1-10-8-12(6-7-14(10)19-11(2)21)22-9-16-20-15-5-3-4-13(18)17(15)23-16/h3-8H,9H2,1-2H3,(H,19,21). The molecule has 0 radical (unpaired) electrons. The van der Waals surface area contributed by atoms with E-state index in [-0.39, 0.29) is 18.1 Å². The molecule has 0 aliphatic carbocycles. The Morgan fingerprint density at radius 1 is 1.35 bits per heavy atom. The Bertz CT molecular complexity index is 873. The van der Waals surface area contributed by atoms with E-state index in [9.17, 15) is 9.18 Å². The molecule has 1 heterocycles. The number of oxazole rings is 1. The maximum Gasteiger partial charge on any atom is 0.233 e. The van der Waals surface area contributed by atoms with Crippen LogP contribution in [0, 0.1) is 12.7 Å². The molecule has 23 heavy (non-hydrogen) atoms. The average molecular weight is 314 g/mol. The van der Waals surface area contributed by atoms with Gasteiger partial charge in [-0.15, -0.1) is 0 Å². The van der Waals surface area contributed by atoms with Crippen LogP contribution < -0.4 is 10.1 Å². The molecule has 3 rings (SSSR count). The summed E-state index contributed by atoms with van der Waals surface area (Å²) in [6, 6.07) is 9.88. The van der Waals surface area contributed by atoms with E-state index in [2.05, 4.69) is 10.3 Å².